The number of amides is 2. The van der Waals surface area contributed by atoms with E-state index in [9.17, 15) is 4.79 Å². The lowest BCUT2D eigenvalue weighted by molar-refractivity contribution is -0.482. The number of rotatable bonds is 4. The van der Waals surface area contributed by atoms with Crippen molar-refractivity contribution < 1.29 is 22.5 Å². The fourth-order valence-electron chi connectivity index (χ4n) is 2.21. The van der Waals surface area contributed by atoms with E-state index in [1.54, 1.807) is 36.4 Å². The van der Waals surface area contributed by atoms with Crippen molar-refractivity contribution in [1.82, 2.24) is 4.98 Å². The summed E-state index contributed by atoms with van der Waals surface area (Å²) in [6, 6.07) is 19.7. The molecule has 26 heavy (non-hydrogen) atoms. The van der Waals surface area contributed by atoms with Crippen LogP contribution in [-0.2, 0) is 0 Å². The molecule has 0 saturated carbocycles. The summed E-state index contributed by atoms with van der Waals surface area (Å²) in [6.45, 7) is 0. The monoisotopic (exact) mass is 389 g/mol. The molecule has 0 aliphatic rings. The van der Waals surface area contributed by atoms with Crippen LogP contribution in [0.25, 0.3) is 0 Å². The second kappa shape index (κ2) is 9.05. The van der Waals surface area contributed by atoms with Crippen LogP contribution in [0.2, 0.25) is 5.02 Å². The molecule has 0 aliphatic carbocycles. The molecule has 0 fully saturated rings. The summed E-state index contributed by atoms with van der Waals surface area (Å²) in [6.07, 6.45) is 0. The Labute approximate surface area is 162 Å². The molecule has 2 amide bonds. The molecule has 3 rings (SSSR count). The molecule has 1 aromatic heterocycles. The average Bonchev–Trinajstić information content (AvgIpc) is 2.60. The molecule has 134 valence electrons. The first kappa shape index (κ1) is 19.5. The third kappa shape index (κ3) is 5.35. The number of carbonyl (C=O) groups excluding carboxylic acids is 1. The fraction of sp³-hybridized carbons (Fsp3) is 0. The topological polar surface area (TPSA) is 96.7 Å². The molecule has 6 N–H and O–H groups in total. The highest BCUT2D eigenvalue weighted by atomic mass is 35.5. The number of pyridine rings is 1. The van der Waals surface area contributed by atoms with Crippen LogP contribution < -0.4 is 34.1 Å². The highest BCUT2D eigenvalue weighted by molar-refractivity contribution is 6.30. The Balaban J connectivity index is 0.00000243. The van der Waals surface area contributed by atoms with Crippen molar-refractivity contribution >= 4 is 46.3 Å². The maximum atomic E-state index is 12.0. The number of aromatic nitrogens is 1. The van der Waals surface area contributed by atoms with Gasteiger partial charge in [-0.3, -0.25) is 5.32 Å². The van der Waals surface area contributed by atoms with E-state index in [1.165, 1.54) is 0 Å². The minimum atomic E-state index is -0.407. The maximum absolute atomic E-state index is 12.0. The van der Waals surface area contributed by atoms with E-state index in [0.29, 0.717) is 22.2 Å². The molecular formula is C18H17Cl2N5O. The predicted molar refractivity (Wildman–Crippen MR) is 100 cm³/mol. The van der Waals surface area contributed by atoms with Crippen molar-refractivity contribution in [3.05, 3.63) is 71.8 Å². The number of nitrogen functional groups attached to an aromatic ring is 1. The highest BCUT2D eigenvalue weighted by Crippen LogP contribution is 2.18. The van der Waals surface area contributed by atoms with Gasteiger partial charge in [-0.15, -0.1) is 0 Å². The van der Waals surface area contributed by atoms with Gasteiger partial charge in [0.2, 0.25) is 5.82 Å². The maximum Gasteiger partial charge on any atom is 0.323 e. The largest absolute Gasteiger partial charge is 1.00 e. The number of anilines is 3. The Morgan fingerprint density at radius 2 is 1.65 bits per heavy atom. The molecule has 6 nitrogen and oxygen atoms in total. The fourth-order valence-corrected chi connectivity index (χ4v) is 2.34. The normalized spacial score (nSPS) is 9.88. The van der Waals surface area contributed by atoms with Crippen LogP contribution in [0.3, 0.4) is 0 Å². The summed E-state index contributed by atoms with van der Waals surface area (Å²) in [5, 5.41) is 7.89. The summed E-state index contributed by atoms with van der Waals surface area (Å²) < 4.78 is 0. The minimum Gasteiger partial charge on any atom is -1.00 e. The first-order valence-corrected chi connectivity index (χ1v) is 7.98. The van der Waals surface area contributed by atoms with E-state index in [-0.39, 0.29) is 18.2 Å². The van der Waals surface area contributed by atoms with Crippen molar-refractivity contribution in [2.75, 3.05) is 16.4 Å². The summed E-state index contributed by atoms with van der Waals surface area (Å²) in [4.78, 5) is 16.4. The van der Waals surface area contributed by atoms with Gasteiger partial charge in [0.1, 0.15) is 5.69 Å². The zero-order valence-electron chi connectivity index (χ0n) is 13.6. The van der Waals surface area contributed by atoms with Gasteiger partial charge in [0.15, 0.2) is 5.82 Å². The summed E-state index contributed by atoms with van der Waals surface area (Å²) in [5.74, 6) is 0.961. The van der Waals surface area contributed by atoms with Crippen LogP contribution in [0.1, 0.15) is 0 Å². The Kier molecular flexibility index (Phi) is 6.80. The molecule has 0 atom stereocenters. The van der Waals surface area contributed by atoms with Crippen molar-refractivity contribution in [3.8, 4) is 0 Å². The van der Waals surface area contributed by atoms with Gasteiger partial charge < -0.3 is 28.8 Å². The van der Waals surface area contributed by atoms with Crippen molar-refractivity contribution in [1.29, 1.82) is 0 Å². The van der Waals surface area contributed by atoms with E-state index in [0.717, 1.165) is 5.69 Å². The molecule has 2 aromatic carbocycles. The molecule has 0 saturated heterocycles. The van der Waals surface area contributed by atoms with Crippen LogP contribution >= 0.6 is 11.6 Å². The van der Waals surface area contributed by atoms with Gasteiger partial charge in [0.05, 0.1) is 5.69 Å². The van der Waals surface area contributed by atoms with Crippen molar-refractivity contribution in [2.45, 2.75) is 0 Å². The number of urea groups is 1. The summed E-state index contributed by atoms with van der Waals surface area (Å²) in [7, 11) is 0. The van der Waals surface area contributed by atoms with Crippen LogP contribution in [0.4, 0.5) is 33.5 Å². The van der Waals surface area contributed by atoms with Gasteiger partial charge in [0.25, 0.3) is 0 Å². The van der Waals surface area contributed by atoms with Gasteiger partial charge in [-0.25, -0.2) is 4.79 Å². The lowest BCUT2D eigenvalue weighted by Gasteiger charge is -2.10. The van der Waals surface area contributed by atoms with E-state index in [2.05, 4.69) is 15.6 Å². The molecule has 8 heteroatoms. The zero-order valence-corrected chi connectivity index (χ0v) is 15.1. The van der Waals surface area contributed by atoms with Crippen molar-refractivity contribution in [3.63, 3.8) is 0 Å². The lowest BCUT2D eigenvalue weighted by atomic mass is 10.3. The Morgan fingerprint density at radius 3 is 2.31 bits per heavy atom. The molecule has 0 radical (unpaired) electrons. The molecule has 0 spiro atoms. The first-order valence-electron chi connectivity index (χ1n) is 7.60. The second-order valence-electron chi connectivity index (χ2n) is 5.31. The molecule has 0 unspecified atom stereocenters. The van der Waals surface area contributed by atoms with E-state index < -0.39 is 6.03 Å². The number of hydrogen-bond donors (Lipinski definition) is 4. The van der Waals surface area contributed by atoms with Gasteiger partial charge in [-0.05, 0) is 42.5 Å². The van der Waals surface area contributed by atoms with Crippen LogP contribution in [-0.4, -0.2) is 11.0 Å². The van der Waals surface area contributed by atoms with E-state index >= 15 is 0 Å². The quantitative estimate of drug-likeness (QED) is 0.489. The number of para-hydroxylation sites is 1. The van der Waals surface area contributed by atoms with E-state index in [4.69, 9.17) is 17.3 Å². The van der Waals surface area contributed by atoms with Gasteiger partial charge >= 0.3 is 6.03 Å². The summed E-state index contributed by atoms with van der Waals surface area (Å²) >= 11 is 5.82. The third-order valence-electron chi connectivity index (χ3n) is 3.41. The molecule has 0 aliphatic heterocycles. The highest BCUT2D eigenvalue weighted by Gasteiger charge is 2.09. The summed E-state index contributed by atoms with van der Waals surface area (Å²) in [5.41, 5.74) is 8.04. The number of quaternary nitrogens is 1. The Morgan fingerprint density at radius 1 is 0.962 bits per heavy atom. The van der Waals surface area contributed by atoms with Crippen molar-refractivity contribution in [2.24, 2.45) is 0 Å². The first-order chi connectivity index (χ1) is 12.1. The third-order valence-corrected chi connectivity index (χ3v) is 3.66. The van der Waals surface area contributed by atoms with E-state index in [1.807, 2.05) is 35.6 Å². The van der Waals surface area contributed by atoms with Gasteiger partial charge in [-0.2, -0.15) is 4.98 Å². The SMILES string of the molecule is Nc1nc([NH2+]c2ccccc2)ccc1NC(=O)Nc1ccc(Cl)cc1.[Cl-]. The predicted octanol–water partition coefficient (Wildman–Crippen LogP) is 0.492. The average molecular weight is 390 g/mol. The number of nitrogens with two attached hydrogens (primary N) is 2. The molecule has 0 bridgehead atoms. The Hall–Kier alpha value is -2.80. The van der Waals surface area contributed by atoms with Gasteiger partial charge in [0, 0.05) is 16.8 Å². The number of carbonyl (C=O) groups is 1. The minimum absolute atomic E-state index is 0. The van der Waals surface area contributed by atoms with Gasteiger partial charge in [-0.1, -0.05) is 29.8 Å². The number of nitrogens with zero attached hydrogens (tertiary/aromatic N) is 1. The second-order valence-corrected chi connectivity index (χ2v) is 5.75. The van der Waals surface area contributed by atoms with Crippen LogP contribution in [0.15, 0.2) is 66.7 Å². The number of benzene rings is 2. The number of nitrogens with one attached hydrogen (secondary N) is 2. The lowest BCUT2D eigenvalue weighted by Crippen LogP contribution is -3.00. The molecule has 1 heterocycles. The number of hydrogen-bond acceptors (Lipinski definition) is 3. The standard InChI is InChI=1S/C18H16ClN5O.ClH/c19-12-6-8-14(9-7-12)22-18(25)23-15-10-11-16(24-17(15)20)21-13-4-2-1-3-5-13;/h1-11H,(H3,20,21,24)(H2,22,23,25);1H. The van der Waals surface area contributed by atoms with Crippen LogP contribution in [0.5, 0.6) is 0 Å². The molecule has 3 aromatic rings. The smallest absolute Gasteiger partial charge is 0.323 e. The molecular weight excluding hydrogens is 373 g/mol. The number of halogens is 2. The zero-order chi connectivity index (χ0) is 17.6. The van der Waals surface area contributed by atoms with Crippen LogP contribution in [0, 0.1) is 0 Å². The Bertz CT molecular complexity index is 873.